The third kappa shape index (κ3) is 3.76. The molecular weight excluding hydrogens is 408 g/mol. The Morgan fingerprint density at radius 2 is 1.73 bits per heavy atom. The van der Waals surface area contributed by atoms with Gasteiger partial charge >= 0.3 is 11.9 Å². The number of hydrogen-bond donors (Lipinski definition) is 0. The first-order chi connectivity index (χ1) is 14.1. The smallest absolute Gasteiger partial charge is 0.374 e. The van der Waals surface area contributed by atoms with E-state index < -0.39 is 26.5 Å². The molecule has 1 fully saturated rings. The molecule has 0 aliphatic heterocycles. The number of carbonyl (C=O) groups excluding carboxylic acids is 2. The molecule has 2 aromatic rings. The minimum absolute atomic E-state index is 0.0298. The molecule has 0 bridgehead atoms. The molecule has 0 amide bonds. The second kappa shape index (κ2) is 8.26. The van der Waals surface area contributed by atoms with Crippen molar-refractivity contribution in [3.63, 3.8) is 0 Å². The van der Waals surface area contributed by atoms with Gasteiger partial charge in [0.2, 0.25) is 5.76 Å². The molecule has 1 aliphatic rings. The largest absolute Gasteiger partial charge is 0.463 e. The molecule has 1 aromatic carbocycles. The van der Waals surface area contributed by atoms with Crippen molar-refractivity contribution >= 4 is 21.8 Å². The number of carbonyl (C=O) groups is 2. The summed E-state index contributed by atoms with van der Waals surface area (Å²) in [6, 6.07) is 6.76. The molecule has 1 heterocycles. The maximum absolute atomic E-state index is 13.6. The Morgan fingerprint density at radius 1 is 1.07 bits per heavy atom. The van der Waals surface area contributed by atoms with E-state index in [9.17, 15) is 18.0 Å². The highest BCUT2D eigenvalue weighted by Gasteiger charge is 2.54. The highest BCUT2D eigenvalue weighted by atomic mass is 32.2. The van der Waals surface area contributed by atoms with Gasteiger partial charge in [-0.05, 0) is 56.9 Å². The van der Waals surface area contributed by atoms with E-state index in [0.29, 0.717) is 24.0 Å². The van der Waals surface area contributed by atoms with Crippen LogP contribution in [0.3, 0.4) is 0 Å². The SMILES string of the molecule is COC(=O)c1oc(COC(=O)C2(S(=O)(=O)c3cc(C)ccc3C)CCCC2)cc1C. The van der Waals surface area contributed by atoms with Crippen LogP contribution in [0, 0.1) is 20.8 Å². The number of ether oxygens (including phenoxy) is 2. The molecule has 8 heteroatoms. The molecule has 0 atom stereocenters. The Hall–Kier alpha value is -2.61. The van der Waals surface area contributed by atoms with Crippen LogP contribution in [-0.4, -0.2) is 32.2 Å². The molecule has 3 rings (SSSR count). The molecule has 1 aromatic heterocycles. The van der Waals surface area contributed by atoms with Crippen LogP contribution in [-0.2, 0) is 30.7 Å². The predicted molar refractivity (Wildman–Crippen MR) is 109 cm³/mol. The van der Waals surface area contributed by atoms with Crippen LogP contribution in [0.15, 0.2) is 33.6 Å². The van der Waals surface area contributed by atoms with E-state index in [0.717, 1.165) is 5.56 Å². The Labute approximate surface area is 176 Å². The summed E-state index contributed by atoms with van der Waals surface area (Å²) in [5.41, 5.74) is 1.96. The van der Waals surface area contributed by atoms with Crippen LogP contribution in [0.5, 0.6) is 0 Å². The zero-order valence-corrected chi connectivity index (χ0v) is 18.4. The van der Waals surface area contributed by atoms with E-state index in [1.165, 1.54) is 7.11 Å². The monoisotopic (exact) mass is 434 g/mol. The van der Waals surface area contributed by atoms with Crippen molar-refractivity contribution in [2.75, 3.05) is 7.11 Å². The van der Waals surface area contributed by atoms with Gasteiger partial charge in [0, 0.05) is 5.56 Å². The van der Waals surface area contributed by atoms with Crippen molar-refractivity contribution < 1.29 is 31.9 Å². The van der Waals surface area contributed by atoms with Crippen molar-refractivity contribution in [1.82, 2.24) is 0 Å². The third-order valence-corrected chi connectivity index (χ3v) is 8.24. The summed E-state index contributed by atoms with van der Waals surface area (Å²) < 4.78 is 41.0. The van der Waals surface area contributed by atoms with Crippen molar-refractivity contribution in [3.05, 3.63) is 52.5 Å². The zero-order chi connectivity index (χ0) is 22.1. The molecule has 0 N–H and O–H groups in total. The Kier molecular flexibility index (Phi) is 6.08. The Balaban J connectivity index is 1.88. The second-order valence-electron chi connectivity index (χ2n) is 7.77. The Morgan fingerprint density at radius 3 is 2.37 bits per heavy atom. The standard InChI is InChI=1S/C22H26O7S/c1-14-7-8-15(2)18(11-14)30(25,26)22(9-5-6-10-22)21(24)28-13-17-12-16(3)19(29-17)20(23)27-4/h7-8,11-12H,5-6,9-10,13H2,1-4H3. The van der Waals surface area contributed by atoms with E-state index in [1.807, 2.05) is 13.0 Å². The fraction of sp³-hybridized carbons (Fsp3) is 0.455. The average molecular weight is 435 g/mol. The first kappa shape index (κ1) is 22.1. The van der Waals surface area contributed by atoms with E-state index in [4.69, 9.17) is 9.15 Å². The first-order valence-corrected chi connectivity index (χ1v) is 11.3. The molecule has 0 saturated heterocycles. The molecule has 1 saturated carbocycles. The van der Waals surface area contributed by atoms with Crippen molar-refractivity contribution in [3.8, 4) is 0 Å². The van der Waals surface area contributed by atoms with Gasteiger partial charge in [0.25, 0.3) is 0 Å². The maximum atomic E-state index is 13.6. The number of rotatable bonds is 6. The van der Waals surface area contributed by atoms with Crippen LogP contribution in [0.4, 0.5) is 0 Å². The van der Waals surface area contributed by atoms with Gasteiger partial charge in [-0.2, -0.15) is 0 Å². The molecule has 0 spiro atoms. The fourth-order valence-corrected chi connectivity index (χ4v) is 6.28. The van der Waals surface area contributed by atoms with Gasteiger partial charge in [0.1, 0.15) is 12.4 Å². The lowest BCUT2D eigenvalue weighted by Crippen LogP contribution is -2.45. The number of hydrogen-bond acceptors (Lipinski definition) is 7. The number of sulfone groups is 1. The summed E-state index contributed by atoms with van der Waals surface area (Å²) in [7, 11) is -2.71. The molecule has 7 nitrogen and oxygen atoms in total. The molecule has 0 radical (unpaired) electrons. The minimum Gasteiger partial charge on any atom is -0.463 e. The summed E-state index contributed by atoms with van der Waals surface area (Å²) in [5.74, 6) is -1.13. The minimum atomic E-state index is -3.96. The predicted octanol–water partition coefficient (Wildman–Crippen LogP) is 3.82. The summed E-state index contributed by atoms with van der Waals surface area (Å²) in [6.07, 6.45) is 1.69. The van der Waals surface area contributed by atoms with Crippen molar-refractivity contribution in [1.29, 1.82) is 0 Å². The molecule has 0 unspecified atom stereocenters. The van der Waals surface area contributed by atoms with E-state index >= 15 is 0 Å². The van der Waals surface area contributed by atoms with Gasteiger partial charge in [-0.1, -0.05) is 25.0 Å². The zero-order valence-electron chi connectivity index (χ0n) is 17.6. The Bertz CT molecular complexity index is 1070. The van der Waals surface area contributed by atoms with Gasteiger partial charge in [-0.15, -0.1) is 0 Å². The van der Waals surface area contributed by atoms with Crippen LogP contribution in [0.2, 0.25) is 0 Å². The summed E-state index contributed by atoms with van der Waals surface area (Å²) in [6.45, 7) is 4.95. The summed E-state index contributed by atoms with van der Waals surface area (Å²) in [4.78, 5) is 25.0. The van der Waals surface area contributed by atoms with E-state index in [-0.39, 0.29) is 35.9 Å². The third-order valence-electron chi connectivity index (χ3n) is 5.62. The number of esters is 2. The first-order valence-electron chi connectivity index (χ1n) is 9.79. The molecule has 30 heavy (non-hydrogen) atoms. The van der Waals surface area contributed by atoms with Crippen LogP contribution < -0.4 is 0 Å². The highest BCUT2D eigenvalue weighted by molar-refractivity contribution is 7.93. The molecule has 162 valence electrons. The normalized spacial score (nSPS) is 15.7. The number of methoxy groups -OCH3 is 1. The van der Waals surface area contributed by atoms with Gasteiger partial charge in [0.05, 0.1) is 12.0 Å². The molecular formula is C22H26O7S. The molecule has 1 aliphatic carbocycles. The topological polar surface area (TPSA) is 99.9 Å². The van der Waals surface area contributed by atoms with Crippen molar-refractivity contribution in [2.45, 2.75) is 62.7 Å². The van der Waals surface area contributed by atoms with Crippen LogP contribution >= 0.6 is 0 Å². The van der Waals surface area contributed by atoms with Gasteiger partial charge < -0.3 is 13.9 Å². The van der Waals surface area contributed by atoms with E-state index in [2.05, 4.69) is 4.74 Å². The van der Waals surface area contributed by atoms with Gasteiger partial charge in [-0.3, -0.25) is 4.79 Å². The van der Waals surface area contributed by atoms with Crippen LogP contribution in [0.25, 0.3) is 0 Å². The van der Waals surface area contributed by atoms with Gasteiger partial charge in [0.15, 0.2) is 14.6 Å². The quantitative estimate of drug-likeness (QED) is 0.637. The average Bonchev–Trinajstić information content (AvgIpc) is 3.35. The fourth-order valence-electron chi connectivity index (χ4n) is 3.92. The lowest BCUT2D eigenvalue weighted by atomic mass is 10.1. The lowest BCUT2D eigenvalue weighted by molar-refractivity contribution is -0.148. The number of benzene rings is 1. The highest BCUT2D eigenvalue weighted by Crippen LogP contribution is 2.42. The van der Waals surface area contributed by atoms with Crippen LogP contribution in [0.1, 0.15) is 58.7 Å². The number of furan rings is 1. The lowest BCUT2D eigenvalue weighted by Gasteiger charge is -2.27. The second-order valence-corrected chi connectivity index (χ2v) is 9.99. The summed E-state index contributed by atoms with van der Waals surface area (Å²) in [5, 5.41) is 0. The summed E-state index contributed by atoms with van der Waals surface area (Å²) >= 11 is 0. The van der Waals surface area contributed by atoms with Crippen molar-refractivity contribution in [2.24, 2.45) is 0 Å². The maximum Gasteiger partial charge on any atom is 0.374 e. The van der Waals surface area contributed by atoms with Gasteiger partial charge in [-0.25, -0.2) is 13.2 Å². The number of aryl methyl sites for hydroxylation is 3. The van der Waals surface area contributed by atoms with E-state index in [1.54, 1.807) is 32.0 Å².